The van der Waals surface area contributed by atoms with Crippen LogP contribution < -0.4 is 5.32 Å². The summed E-state index contributed by atoms with van der Waals surface area (Å²) in [6, 6.07) is 26.2. The predicted molar refractivity (Wildman–Crippen MR) is 126 cm³/mol. The van der Waals surface area contributed by atoms with E-state index in [2.05, 4.69) is 5.32 Å². The predicted octanol–water partition coefficient (Wildman–Crippen LogP) is 5.00. The van der Waals surface area contributed by atoms with Gasteiger partial charge in [-0.2, -0.15) is 0 Å². The minimum atomic E-state index is -0.397. The van der Waals surface area contributed by atoms with Gasteiger partial charge in [0.05, 0.1) is 0 Å². The molecule has 0 aliphatic carbocycles. The van der Waals surface area contributed by atoms with Crippen molar-refractivity contribution in [2.24, 2.45) is 0 Å². The third-order valence-electron chi connectivity index (χ3n) is 4.96. The van der Waals surface area contributed by atoms with Crippen LogP contribution in [-0.4, -0.2) is 22.5 Å². The summed E-state index contributed by atoms with van der Waals surface area (Å²) < 4.78 is 0. The molecule has 0 aromatic heterocycles. The molecule has 32 heavy (non-hydrogen) atoms. The first-order chi connectivity index (χ1) is 15.4. The minimum Gasteiger partial charge on any atom is -0.330 e. The fourth-order valence-corrected chi connectivity index (χ4v) is 3.28. The van der Waals surface area contributed by atoms with E-state index >= 15 is 0 Å². The molecule has 0 saturated carbocycles. The Kier molecular flexibility index (Phi) is 7.70. The molecular weight excluding hydrogens is 400 g/mol. The van der Waals surface area contributed by atoms with Gasteiger partial charge in [0.15, 0.2) is 5.78 Å². The van der Waals surface area contributed by atoms with Gasteiger partial charge in [0.2, 0.25) is 11.8 Å². The summed E-state index contributed by atoms with van der Waals surface area (Å²) in [7, 11) is 0. The molecule has 3 aromatic rings. The number of nitrogens with zero attached hydrogens (tertiary/aromatic N) is 1. The molecule has 5 nitrogen and oxygen atoms in total. The van der Waals surface area contributed by atoms with Gasteiger partial charge >= 0.3 is 0 Å². The molecule has 0 aliphatic heterocycles. The third kappa shape index (κ3) is 6.51. The molecule has 0 spiro atoms. The van der Waals surface area contributed by atoms with Gasteiger partial charge in [0.1, 0.15) is 0 Å². The monoisotopic (exact) mass is 426 g/mol. The number of ketones is 1. The normalized spacial score (nSPS) is 11.0. The van der Waals surface area contributed by atoms with Gasteiger partial charge < -0.3 is 10.2 Å². The lowest BCUT2D eigenvalue weighted by Crippen LogP contribution is -2.31. The molecular formula is C27H26N2O3. The number of anilines is 1. The van der Waals surface area contributed by atoms with E-state index in [9.17, 15) is 14.4 Å². The van der Waals surface area contributed by atoms with Gasteiger partial charge in [0.25, 0.3) is 0 Å². The Morgan fingerprint density at radius 3 is 1.72 bits per heavy atom. The van der Waals surface area contributed by atoms with E-state index in [0.717, 1.165) is 11.1 Å². The number of nitrogens with one attached hydrogen (secondary N) is 1. The van der Waals surface area contributed by atoms with Crippen LogP contribution in [-0.2, 0) is 22.7 Å². The van der Waals surface area contributed by atoms with Crippen LogP contribution in [0.15, 0.2) is 96.6 Å². The smallest absolute Gasteiger partial charge is 0.250 e. The van der Waals surface area contributed by atoms with Crippen molar-refractivity contribution in [3.63, 3.8) is 0 Å². The number of carbonyl (C=O) groups excluding carboxylic acids is 3. The van der Waals surface area contributed by atoms with Crippen LogP contribution in [0.1, 0.15) is 35.3 Å². The first kappa shape index (κ1) is 22.7. The highest BCUT2D eigenvalue weighted by Gasteiger charge is 2.17. The lowest BCUT2D eigenvalue weighted by molar-refractivity contribution is -0.128. The quantitative estimate of drug-likeness (QED) is 0.407. The molecule has 0 fully saturated rings. The SMILES string of the molecule is CC(=O)c1ccc(NC(=O)/C=C(\C)C(=O)N(Cc2ccccc2)Cc2ccccc2)cc1. The number of amides is 2. The first-order valence-electron chi connectivity index (χ1n) is 10.4. The number of Topliss-reactive ketones (excluding diaryl/α,β-unsaturated/α-hetero) is 1. The second-order valence-electron chi connectivity index (χ2n) is 7.58. The Morgan fingerprint density at radius 2 is 1.25 bits per heavy atom. The number of benzene rings is 3. The Bertz CT molecular complexity index is 1060. The summed E-state index contributed by atoms with van der Waals surface area (Å²) in [5.41, 5.74) is 3.50. The lowest BCUT2D eigenvalue weighted by Gasteiger charge is -2.23. The first-order valence-corrected chi connectivity index (χ1v) is 10.4. The molecule has 0 bridgehead atoms. The summed E-state index contributed by atoms with van der Waals surface area (Å²) in [6.07, 6.45) is 1.31. The maximum absolute atomic E-state index is 13.2. The van der Waals surface area contributed by atoms with Crippen molar-refractivity contribution < 1.29 is 14.4 Å². The molecule has 0 radical (unpaired) electrons. The average molecular weight is 427 g/mol. The maximum Gasteiger partial charge on any atom is 0.250 e. The van der Waals surface area contributed by atoms with Crippen LogP contribution in [0.2, 0.25) is 0 Å². The van der Waals surface area contributed by atoms with Crippen molar-refractivity contribution in [3.05, 3.63) is 113 Å². The summed E-state index contributed by atoms with van der Waals surface area (Å²) >= 11 is 0. The van der Waals surface area contributed by atoms with Crippen molar-refractivity contribution in [2.45, 2.75) is 26.9 Å². The average Bonchev–Trinajstić information content (AvgIpc) is 2.79. The molecule has 1 N–H and O–H groups in total. The molecule has 3 aromatic carbocycles. The molecule has 0 atom stereocenters. The van der Waals surface area contributed by atoms with Gasteiger partial charge in [-0.25, -0.2) is 0 Å². The largest absolute Gasteiger partial charge is 0.330 e. The van der Waals surface area contributed by atoms with Gasteiger partial charge in [-0.05, 0) is 49.2 Å². The highest BCUT2D eigenvalue weighted by Crippen LogP contribution is 2.15. The second kappa shape index (κ2) is 10.9. The number of hydrogen-bond donors (Lipinski definition) is 1. The lowest BCUT2D eigenvalue weighted by atomic mass is 10.1. The molecule has 162 valence electrons. The van der Waals surface area contributed by atoms with Crippen LogP contribution in [0, 0.1) is 0 Å². The minimum absolute atomic E-state index is 0.0406. The topological polar surface area (TPSA) is 66.5 Å². The Labute approximate surface area is 188 Å². The van der Waals surface area contributed by atoms with Crippen LogP contribution in [0.4, 0.5) is 5.69 Å². The van der Waals surface area contributed by atoms with Crippen molar-refractivity contribution >= 4 is 23.3 Å². The Balaban J connectivity index is 1.73. The van der Waals surface area contributed by atoms with Crippen LogP contribution in [0.3, 0.4) is 0 Å². The van der Waals surface area contributed by atoms with Crippen LogP contribution >= 0.6 is 0 Å². The zero-order chi connectivity index (χ0) is 22.9. The van der Waals surface area contributed by atoms with Crippen LogP contribution in [0.25, 0.3) is 0 Å². The van der Waals surface area contributed by atoms with Crippen molar-refractivity contribution in [2.75, 3.05) is 5.32 Å². The maximum atomic E-state index is 13.2. The molecule has 0 saturated heterocycles. The zero-order valence-corrected chi connectivity index (χ0v) is 18.2. The molecule has 0 aliphatic rings. The highest BCUT2D eigenvalue weighted by molar-refractivity contribution is 6.06. The third-order valence-corrected chi connectivity index (χ3v) is 4.96. The van der Waals surface area contributed by atoms with Gasteiger partial charge in [0, 0.05) is 36.0 Å². The summed E-state index contributed by atoms with van der Waals surface area (Å²) in [4.78, 5) is 38.8. The van der Waals surface area contributed by atoms with Gasteiger partial charge in [-0.3, -0.25) is 14.4 Å². The van der Waals surface area contributed by atoms with E-state index in [-0.39, 0.29) is 11.7 Å². The zero-order valence-electron chi connectivity index (χ0n) is 18.2. The molecule has 0 unspecified atom stereocenters. The van der Waals surface area contributed by atoms with E-state index in [4.69, 9.17) is 0 Å². The Hall–Kier alpha value is -3.99. The summed E-state index contributed by atoms with van der Waals surface area (Å²) in [5, 5.41) is 2.73. The van der Waals surface area contributed by atoms with Crippen molar-refractivity contribution in [1.29, 1.82) is 0 Å². The van der Waals surface area contributed by atoms with E-state index in [1.165, 1.54) is 13.0 Å². The molecule has 5 heteroatoms. The summed E-state index contributed by atoms with van der Waals surface area (Å²) in [5.74, 6) is -0.647. The number of hydrogen-bond acceptors (Lipinski definition) is 3. The standard InChI is InChI=1S/C27H26N2O3/c1-20(17-26(31)28-25-15-13-24(14-16-25)21(2)30)27(32)29(18-22-9-5-3-6-10-22)19-23-11-7-4-8-12-23/h3-17H,18-19H2,1-2H3,(H,28,31)/b20-17+. The van der Waals surface area contributed by atoms with Crippen LogP contribution in [0.5, 0.6) is 0 Å². The van der Waals surface area contributed by atoms with Crippen molar-refractivity contribution in [3.8, 4) is 0 Å². The molecule has 0 heterocycles. The van der Waals surface area contributed by atoms with E-state index in [0.29, 0.717) is 29.9 Å². The summed E-state index contributed by atoms with van der Waals surface area (Å²) in [6.45, 7) is 4.01. The second-order valence-corrected chi connectivity index (χ2v) is 7.58. The van der Waals surface area contributed by atoms with E-state index in [1.54, 1.807) is 36.1 Å². The number of carbonyl (C=O) groups is 3. The molecule has 2 amide bonds. The highest BCUT2D eigenvalue weighted by atomic mass is 16.2. The Morgan fingerprint density at radius 1 is 0.750 bits per heavy atom. The van der Waals surface area contributed by atoms with E-state index < -0.39 is 5.91 Å². The molecule has 3 rings (SSSR count). The fraction of sp³-hybridized carbons (Fsp3) is 0.148. The van der Waals surface area contributed by atoms with Gasteiger partial charge in [-0.15, -0.1) is 0 Å². The fourth-order valence-electron chi connectivity index (χ4n) is 3.28. The van der Waals surface area contributed by atoms with Gasteiger partial charge in [-0.1, -0.05) is 60.7 Å². The van der Waals surface area contributed by atoms with E-state index in [1.807, 2.05) is 60.7 Å². The van der Waals surface area contributed by atoms with Crippen molar-refractivity contribution in [1.82, 2.24) is 4.90 Å². The number of rotatable bonds is 8.